The van der Waals surface area contributed by atoms with Gasteiger partial charge in [-0.3, -0.25) is 0 Å². The summed E-state index contributed by atoms with van der Waals surface area (Å²) < 4.78 is 5.39. The lowest BCUT2D eigenvalue weighted by molar-refractivity contribution is 0.171. The molecule has 2 fully saturated rings. The summed E-state index contributed by atoms with van der Waals surface area (Å²) in [6.45, 7) is 0.849. The predicted molar refractivity (Wildman–Crippen MR) is 69.1 cm³/mol. The molecule has 0 aliphatic heterocycles. The van der Waals surface area contributed by atoms with Crippen LogP contribution in [0.2, 0.25) is 0 Å². The van der Waals surface area contributed by atoms with Crippen molar-refractivity contribution < 1.29 is 4.74 Å². The Bertz CT molecular complexity index is 419. The van der Waals surface area contributed by atoms with E-state index in [0.717, 1.165) is 13.0 Å². The minimum absolute atomic E-state index is 0.0965. The summed E-state index contributed by atoms with van der Waals surface area (Å²) in [5, 5.41) is 0. The van der Waals surface area contributed by atoms with Crippen LogP contribution in [0.3, 0.4) is 0 Å². The maximum absolute atomic E-state index is 6.25. The van der Waals surface area contributed by atoms with Crippen LogP contribution in [0.25, 0.3) is 0 Å². The van der Waals surface area contributed by atoms with Gasteiger partial charge in [-0.2, -0.15) is 0 Å². The third kappa shape index (κ3) is 2.12. The third-order valence-corrected chi connectivity index (χ3v) is 4.30. The fourth-order valence-electron chi connectivity index (χ4n) is 2.83. The molecule has 1 aromatic rings. The van der Waals surface area contributed by atoms with Gasteiger partial charge in [0.1, 0.15) is 0 Å². The zero-order chi connectivity index (χ0) is 11.9. The molecule has 2 heteroatoms. The number of nitrogens with two attached hydrogens (primary N) is 1. The fourth-order valence-corrected chi connectivity index (χ4v) is 2.83. The Balaban J connectivity index is 1.88. The Kier molecular flexibility index (Phi) is 2.53. The van der Waals surface area contributed by atoms with Crippen LogP contribution in [0.4, 0.5) is 0 Å². The van der Waals surface area contributed by atoms with Crippen molar-refractivity contribution in [1.29, 1.82) is 0 Å². The van der Waals surface area contributed by atoms with E-state index in [-0.39, 0.29) is 5.54 Å². The van der Waals surface area contributed by atoms with Gasteiger partial charge in [0.2, 0.25) is 0 Å². The monoisotopic (exact) mass is 231 g/mol. The second-order valence-corrected chi connectivity index (χ2v) is 5.91. The normalized spacial score (nSPS) is 23.4. The summed E-state index contributed by atoms with van der Waals surface area (Å²) in [4.78, 5) is 0. The Hall–Kier alpha value is -0.860. The number of ether oxygens (including phenoxy) is 1. The maximum atomic E-state index is 6.25. The number of hydrogen-bond acceptors (Lipinski definition) is 2. The van der Waals surface area contributed by atoms with Crippen LogP contribution < -0.4 is 5.73 Å². The molecule has 2 aliphatic carbocycles. The zero-order valence-corrected chi connectivity index (χ0v) is 10.5. The van der Waals surface area contributed by atoms with Crippen LogP contribution in [0, 0.1) is 0 Å². The molecule has 1 aromatic carbocycles. The van der Waals surface area contributed by atoms with Gasteiger partial charge in [-0.15, -0.1) is 0 Å². The first kappa shape index (κ1) is 11.2. The first-order chi connectivity index (χ1) is 8.18. The lowest BCUT2D eigenvalue weighted by Crippen LogP contribution is -2.26. The summed E-state index contributed by atoms with van der Waals surface area (Å²) in [6, 6.07) is 8.79. The van der Waals surface area contributed by atoms with Gasteiger partial charge in [0.15, 0.2) is 0 Å². The van der Waals surface area contributed by atoms with Crippen molar-refractivity contribution in [2.45, 2.75) is 43.1 Å². The number of methoxy groups -OCH3 is 1. The predicted octanol–water partition coefficient (Wildman–Crippen LogP) is 2.40. The van der Waals surface area contributed by atoms with Crippen molar-refractivity contribution in [1.82, 2.24) is 0 Å². The van der Waals surface area contributed by atoms with E-state index in [9.17, 15) is 0 Å². The van der Waals surface area contributed by atoms with E-state index in [1.54, 1.807) is 7.11 Å². The highest BCUT2D eigenvalue weighted by Crippen LogP contribution is 2.50. The molecule has 2 saturated carbocycles. The molecule has 0 spiro atoms. The van der Waals surface area contributed by atoms with Gasteiger partial charge in [-0.05, 0) is 43.2 Å². The van der Waals surface area contributed by atoms with Crippen LogP contribution in [-0.4, -0.2) is 19.3 Å². The van der Waals surface area contributed by atoms with Crippen molar-refractivity contribution in [3.63, 3.8) is 0 Å². The molecule has 2 N–H and O–H groups in total. The van der Waals surface area contributed by atoms with Crippen molar-refractivity contribution in [3.05, 3.63) is 35.4 Å². The molecule has 92 valence electrons. The number of hydrogen-bond donors (Lipinski definition) is 1. The Morgan fingerprint density at radius 2 is 1.88 bits per heavy atom. The van der Waals surface area contributed by atoms with Gasteiger partial charge in [0.25, 0.3) is 0 Å². The van der Waals surface area contributed by atoms with E-state index < -0.39 is 0 Å². The largest absolute Gasteiger partial charge is 0.384 e. The van der Waals surface area contributed by atoms with Gasteiger partial charge in [-0.1, -0.05) is 24.3 Å². The number of rotatable bonds is 5. The molecule has 0 atom stereocenters. The minimum atomic E-state index is 0.0965. The Morgan fingerprint density at radius 1 is 1.18 bits per heavy atom. The first-order valence-electron chi connectivity index (χ1n) is 6.54. The summed E-state index contributed by atoms with van der Waals surface area (Å²) in [5.74, 6) is 0. The second-order valence-electron chi connectivity index (χ2n) is 5.91. The SMILES string of the molecule is COCC1(c2ccccc2CC2(N)CC2)CC1. The molecule has 0 heterocycles. The highest BCUT2D eigenvalue weighted by molar-refractivity contribution is 5.40. The van der Waals surface area contributed by atoms with E-state index in [1.165, 1.54) is 36.8 Å². The smallest absolute Gasteiger partial charge is 0.0559 e. The molecule has 17 heavy (non-hydrogen) atoms. The van der Waals surface area contributed by atoms with Crippen LogP contribution in [0.1, 0.15) is 36.8 Å². The summed E-state index contributed by atoms with van der Waals surface area (Å²) in [7, 11) is 1.80. The standard InChI is InChI=1S/C15H21NO/c1-17-11-14(6-7-14)13-5-3-2-4-12(13)10-15(16)8-9-15/h2-5H,6-11,16H2,1H3. The molecule has 2 nitrogen and oxygen atoms in total. The molecular weight excluding hydrogens is 210 g/mol. The first-order valence-corrected chi connectivity index (χ1v) is 6.54. The molecule has 0 aromatic heterocycles. The average molecular weight is 231 g/mol. The van der Waals surface area contributed by atoms with Gasteiger partial charge < -0.3 is 10.5 Å². The molecular formula is C15H21NO. The Morgan fingerprint density at radius 3 is 2.47 bits per heavy atom. The lowest BCUT2D eigenvalue weighted by Gasteiger charge is -2.20. The highest BCUT2D eigenvalue weighted by atomic mass is 16.5. The van der Waals surface area contributed by atoms with Crippen molar-refractivity contribution >= 4 is 0 Å². The maximum Gasteiger partial charge on any atom is 0.0559 e. The lowest BCUT2D eigenvalue weighted by atomic mass is 9.88. The molecule has 0 amide bonds. The van der Waals surface area contributed by atoms with Gasteiger partial charge in [0.05, 0.1) is 6.61 Å². The number of benzene rings is 1. The van der Waals surface area contributed by atoms with Crippen molar-refractivity contribution in [2.75, 3.05) is 13.7 Å². The molecule has 0 saturated heterocycles. The third-order valence-electron chi connectivity index (χ3n) is 4.30. The summed E-state index contributed by atoms with van der Waals surface area (Å²) >= 11 is 0. The van der Waals surface area contributed by atoms with Crippen molar-refractivity contribution in [2.24, 2.45) is 5.73 Å². The molecule has 2 aliphatic rings. The highest BCUT2D eigenvalue weighted by Gasteiger charge is 2.47. The fraction of sp³-hybridized carbons (Fsp3) is 0.600. The van der Waals surface area contributed by atoms with E-state index >= 15 is 0 Å². The summed E-state index contributed by atoms with van der Waals surface area (Å²) in [6.07, 6.45) is 5.91. The van der Waals surface area contributed by atoms with Crippen LogP contribution in [0.15, 0.2) is 24.3 Å². The molecule has 0 radical (unpaired) electrons. The van der Waals surface area contributed by atoms with E-state index in [0.29, 0.717) is 5.41 Å². The van der Waals surface area contributed by atoms with E-state index in [2.05, 4.69) is 24.3 Å². The zero-order valence-electron chi connectivity index (χ0n) is 10.5. The summed E-state index contributed by atoms with van der Waals surface area (Å²) in [5.41, 5.74) is 9.58. The van der Waals surface area contributed by atoms with Gasteiger partial charge >= 0.3 is 0 Å². The topological polar surface area (TPSA) is 35.2 Å². The average Bonchev–Trinajstić information content (AvgIpc) is 3.21. The van der Waals surface area contributed by atoms with Crippen LogP contribution in [0.5, 0.6) is 0 Å². The van der Waals surface area contributed by atoms with Crippen LogP contribution in [-0.2, 0) is 16.6 Å². The van der Waals surface area contributed by atoms with Crippen LogP contribution >= 0.6 is 0 Å². The minimum Gasteiger partial charge on any atom is -0.384 e. The quantitative estimate of drug-likeness (QED) is 0.844. The van der Waals surface area contributed by atoms with Crippen molar-refractivity contribution in [3.8, 4) is 0 Å². The van der Waals surface area contributed by atoms with E-state index in [4.69, 9.17) is 10.5 Å². The molecule has 0 unspecified atom stereocenters. The van der Waals surface area contributed by atoms with E-state index in [1.807, 2.05) is 0 Å². The molecule has 3 rings (SSSR count). The van der Waals surface area contributed by atoms with Gasteiger partial charge in [0, 0.05) is 18.1 Å². The Labute approximate surface area is 103 Å². The molecule has 0 bridgehead atoms. The van der Waals surface area contributed by atoms with Gasteiger partial charge in [-0.25, -0.2) is 0 Å². The second kappa shape index (κ2) is 3.82.